The third-order valence-corrected chi connectivity index (χ3v) is 4.04. The highest BCUT2D eigenvalue weighted by atomic mass is 32.2. The molecule has 14 heavy (non-hydrogen) atoms. The summed E-state index contributed by atoms with van der Waals surface area (Å²) in [6, 6.07) is 0. The smallest absolute Gasteiger partial charge is 0.0659 e. The predicted molar refractivity (Wildman–Crippen MR) is 60.7 cm³/mol. The first-order valence-electron chi connectivity index (χ1n) is 5.45. The molecule has 2 heterocycles. The Labute approximate surface area is 90.3 Å². The molecule has 2 aliphatic heterocycles. The first-order valence-corrected chi connectivity index (χ1v) is 6.61. The van der Waals surface area contributed by atoms with E-state index in [1.54, 1.807) is 0 Å². The van der Waals surface area contributed by atoms with Crippen LogP contribution < -0.4 is 5.73 Å². The Balaban J connectivity index is 1.82. The van der Waals surface area contributed by atoms with Crippen LogP contribution >= 0.6 is 11.8 Å². The molecule has 0 radical (unpaired) electrons. The Morgan fingerprint density at radius 3 is 3.07 bits per heavy atom. The van der Waals surface area contributed by atoms with Gasteiger partial charge in [0.05, 0.1) is 12.1 Å². The fraction of sp³-hybridized carbons (Fsp3) is 1.00. The van der Waals surface area contributed by atoms with Crippen LogP contribution in [0.4, 0.5) is 0 Å². The molecule has 1 atom stereocenters. The Kier molecular flexibility index (Phi) is 3.71. The monoisotopic (exact) mass is 216 g/mol. The molecule has 0 bridgehead atoms. The molecule has 2 N–H and O–H groups in total. The number of nitrogens with two attached hydrogens (primary N) is 1. The van der Waals surface area contributed by atoms with E-state index in [0.29, 0.717) is 0 Å². The van der Waals surface area contributed by atoms with Gasteiger partial charge >= 0.3 is 0 Å². The minimum atomic E-state index is -0.0605. The van der Waals surface area contributed by atoms with Crippen molar-refractivity contribution in [3.63, 3.8) is 0 Å². The lowest BCUT2D eigenvalue weighted by Crippen LogP contribution is -2.51. The Hall–Kier alpha value is 0.230. The van der Waals surface area contributed by atoms with Crippen molar-refractivity contribution >= 4 is 11.8 Å². The van der Waals surface area contributed by atoms with Crippen molar-refractivity contribution < 1.29 is 4.74 Å². The molecule has 0 aromatic rings. The lowest BCUT2D eigenvalue weighted by Gasteiger charge is -2.30. The molecule has 0 aromatic carbocycles. The molecule has 0 aromatic heterocycles. The summed E-state index contributed by atoms with van der Waals surface area (Å²) >= 11 is 2.06. The molecule has 0 saturated carbocycles. The Morgan fingerprint density at radius 2 is 2.29 bits per heavy atom. The van der Waals surface area contributed by atoms with E-state index in [-0.39, 0.29) is 5.54 Å². The fourth-order valence-electron chi connectivity index (χ4n) is 2.15. The van der Waals surface area contributed by atoms with E-state index in [1.165, 1.54) is 31.0 Å². The van der Waals surface area contributed by atoms with Crippen LogP contribution in [0, 0.1) is 0 Å². The predicted octanol–water partition coefficient (Wildman–Crippen LogP) is 0.543. The number of rotatable bonds is 2. The number of hydrogen-bond donors (Lipinski definition) is 1. The molecule has 0 amide bonds. The summed E-state index contributed by atoms with van der Waals surface area (Å²) in [5.74, 6) is 2.57. The fourth-order valence-corrected chi connectivity index (χ4v) is 3.07. The molecule has 82 valence electrons. The van der Waals surface area contributed by atoms with Crippen LogP contribution in [0.15, 0.2) is 0 Å². The maximum absolute atomic E-state index is 6.27. The van der Waals surface area contributed by atoms with Gasteiger partial charge in [0.2, 0.25) is 0 Å². The second kappa shape index (κ2) is 4.84. The van der Waals surface area contributed by atoms with Crippen molar-refractivity contribution in [1.29, 1.82) is 0 Å². The summed E-state index contributed by atoms with van der Waals surface area (Å²) in [6.07, 6.45) is 2.33. The molecule has 2 aliphatic rings. The van der Waals surface area contributed by atoms with Gasteiger partial charge in [-0.3, -0.25) is 0 Å². The van der Waals surface area contributed by atoms with Crippen molar-refractivity contribution in [2.45, 2.75) is 18.4 Å². The number of nitrogens with zero attached hydrogens (tertiary/aromatic N) is 1. The van der Waals surface area contributed by atoms with Crippen molar-refractivity contribution in [2.75, 3.05) is 44.4 Å². The maximum atomic E-state index is 6.27. The molecule has 3 nitrogen and oxygen atoms in total. The second-order valence-electron chi connectivity index (χ2n) is 4.41. The summed E-state index contributed by atoms with van der Waals surface area (Å²) in [5, 5.41) is 0. The minimum absolute atomic E-state index is 0.0605. The highest BCUT2D eigenvalue weighted by Crippen LogP contribution is 2.19. The van der Waals surface area contributed by atoms with E-state index in [1.807, 2.05) is 0 Å². The largest absolute Gasteiger partial charge is 0.379 e. The molecular weight excluding hydrogens is 196 g/mol. The third kappa shape index (κ3) is 2.86. The highest BCUT2D eigenvalue weighted by molar-refractivity contribution is 7.99. The van der Waals surface area contributed by atoms with Gasteiger partial charge in [-0.15, -0.1) is 0 Å². The maximum Gasteiger partial charge on any atom is 0.0659 e. The van der Waals surface area contributed by atoms with E-state index >= 15 is 0 Å². The normalized spacial score (nSPS) is 35.8. The molecule has 0 spiro atoms. The van der Waals surface area contributed by atoms with Crippen LogP contribution in [0.2, 0.25) is 0 Å². The molecule has 2 saturated heterocycles. The van der Waals surface area contributed by atoms with Crippen LogP contribution in [-0.4, -0.2) is 54.8 Å². The topological polar surface area (TPSA) is 38.5 Å². The highest BCUT2D eigenvalue weighted by Gasteiger charge is 2.32. The lowest BCUT2D eigenvalue weighted by molar-refractivity contribution is 0.156. The van der Waals surface area contributed by atoms with Crippen LogP contribution in [0.3, 0.4) is 0 Å². The molecule has 1 unspecified atom stereocenters. The Morgan fingerprint density at radius 1 is 1.36 bits per heavy atom. The van der Waals surface area contributed by atoms with Crippen LogP contribution in [0.25, 0.3) is 0 Å². The number of hydrogen-bond acceptors (Lipinski definition) is 4. The minimum Gasteiger partial charge on any atom is -0.379 e. The summed E-state index contributed by atoms with van der Waals surface area (Å²) < 4.78 is 5.38. The zero-order valence-corrected chi connectivity index (χ0v) is 9.52. The van der Waals surface area contributed by atoms with Crippen LogP contribution in [0.1, 0.15) is 12.8 Å². The average Bonchev–Trinajstić information content (AvgIpc) is 2.43. The van der Waals surface area contributed by atoms with E-state index < -0.39 is 0 Å². The first-order chi connectivity index (χ1) is 6.79. The number of ether oxygens (including phenoxy) is 1. The van der Waals surface area contributed by atoms with Crippen LogP contribution in [-0.2, 0) is 4.74 Å². The van der Waals surface area contributed by atoms with Crippen molar-refractivity contribution in [1.82, 2.24) is 4.90 Å². The molecule has 2 fully saturated rings. The van der Waals surface area contributed by atoms with E-state index in [4.69, 9.17) is 10.5 Å². The van der Waals surface area contributed by atoms with Gasteiger partial charge in [-0.1, -0.05) is 0 Å². The standard InChI is InChI=1S/C10H20N2OS/c11-10(2-5-13-9-10)8-12-3-1-6-14-7-4-12/h1-9,11H2. The van der Waals surface area contributed by atoms with Gasteiger partial charge in [-0.2, -0.15) is 11.8 Å². The zero-order valence-electron chi connectivity index (χ0n) is 8.71. The first kappa shape index (κ1) is 10.7. The zero-order chi connectivity index (χ0) is 9.86. The van der Waals surface area contributed by atoms with Crippen molar-refractivity contribution in [3.8, 4) is 0 Å². The molecule has 2 rings (SSSR count). The van der Waals surface area contributed by atoms with E-state index in [9.17, 15) is 0 Å². The lowest BCUT2D eigenvalue weighted by atomic mass is 9.99. The van der Waals surface area contributed by atoms with E-state index in [2.05, 4.69) is 16.7 Å². The van der Waals surface area contributed by atoms with Crippen molar-refractivity contribution in [2.24, 2.45) is 5.73 Å². The summed E-state index contributed by atoms with van der Waals surface area (Å²) in [4.78, 5) is 2.51. The Bertz CT molecular complexity index is 175. The SMILES string of the molecule is NC1(CN2CCCSCC2)CCOC1. The van der Waals surface area contributed by atoms with Crippen LogP contribution in [0.5, 0.6) is 0 Å². The van der Waals surface area contributed by atoms with Gasteiger partial charge in [0.25, 0.3) is 0 Å². The molecule has 4 heteroatoms. The quantitative estimate of drug-likeness (QED) is 0.731. The summed E-state index contributed by atoms with van der Waals surface area (Å²) in [7, 11) is 0. The van der Waals surface area contributed by atoms with Gasteiger partial charge in [-0.25, -0.2) is 0 Å². The van der Waals surface area contributed by atoms with E-state index in [0.717, 1.165) is 26.2 Å². The average molecular weight is 216 g/mol. The van der Waals surface area contributed by atoms with Gasteiger partial charge < -0.3 is 15.4 Å². The summed E-state index contributed by atoms with van der Waals surface area (Å²) in [5.41, 5.74) is 6.21. The van der Waals surface area contributed by atoms with Gasteiger partial charge in [-0.05, 0) is 25.1 Å². The number of thioether (sulfide) groups is 1. The second-order valence-corrected chi connectivity index (χ2v) is 5.63. The van der Waals surface area contributed by atoms with Gasteiger partial charge in [0.15, 0.2) is 0 Å². The summed E-state index contributed by atoms with van der Waals surface area (Å²) in [6.45, 7) is 5.03. The third-order valence-electron chi connectivity index (χ3n) is 2.99. The molecule has 0 aliphatic carbocycles. The van der Waals surface area contributed by atoms with Gasteiger partial charge in [0, 0.05) is 25.4 Å². The van der Waals surface area contributed by atoms with Gasteiger partial charge in [0.1, 0.15) is 0 Å². The molecular formula is C10H20N2OS. The van der Waals surface area contributed by atoms with Crippen molar-refractivity contribution in [3.05, 3.63) is 0 Å².